The van der Waals surface area contributed by atoms with Gasteiger partial charge in [-0.3, -0.25) is 4.79 Å². The van der Waals surface area contributed by atoms with Gasteiger partial charge in [-0.05, 0) is 36.3 Å². The smallest absolute Gasteiger partial charge is 0.280 e. The molecule has 2 aliphatic rings. The predicted octanol–water partition coefficient (Wildman–Crippen LogP) is 2.32. The van der Waals surface area contributed by atoms with E-state index >= 15 is 0 Å². The highest BCUT2D eigenvalue weighted by atomic mass is 32.1. The van der Waals surface area contributed by atoms with Crippen LogP contribution in [0.2, 0.25) is 0 Å². The van der Waals surface area contributed by atoms with Gasteiger partial charge in [-0.1, -0.05) is 31.2 Å². The molecule has 1 aliphatic heterocycles. The molecule has 2 heterocycles. The van der Waals surface area contributed by atoms with Crippen molar-refractivity contribution in [2.24, 2.45) is 5.92 Å². The van der Waals surface area contributed by atoms with Crippen LogP contribution >= 0.6 is 11.3 Å². The van der Waals surface area contributed by atoms with Crippen molar-refractivity contribution in [3.63, 3.8) is 0 Å². The van der Waals surface area contributed by atoms with Gasteiger partial charge in [0.05, 0.1) is 12.1 Å². The lowest BCUT2D eigenvalue weighted by Gasteiger charge is -2.25. The number of quaternary nitrogens is 1. The van der Waals surface area contributed by atoms with Crippen LogP contribution < -0.4 is 10.2 Å². The number of amides is 1. The number of carbonyl (C=O) groups is 1. The number of thiophene rings is 1. The fourth-order valence-corrected chi connectivity index (χ4v) is 5.53. The van der Waals surface area contributed by atoms with Crippen molar-refractivity contribution in [1.82, 2.24) is 0 Å². The molecular weight excluding hydrogens is 342 g/mol. The summed E-state index contributed by atoms with van der Waals surface area (Å²) >= 11 is 1.61. The van der Waals surface area contributed by atoms with Gasteiger partial charge in [-0.15, -0.1) is 11.3 Å². The average Bonchev–Trinajstić information content (AvgIpc) is 2.97. The second kappa shape index (κ2) is 7.22. The van der Waals surface area contributed by atoms with Crippen molar-refractivity contribution in [1.29, 1.82) is 5.26 Å². The Morgan fingerprint density at radius 1 is 1.35 bits per heavy atom. The molecule has 2 atom stereocenters. The van der Waals surface area contributed by atoms with Crippen LogP contribution in [0.1, 0.15) is 40.5 Å². The minimum Gasteiger partial charge on any atom is -0.323 e. The van der Waals surface area contributed by atoms with Gasteiger partial charge in [-0.2, -0.15) is 5.26 Å². The number of anilines is 1. The molecule has 1 aromatic carbocycles. The summed E-state index contributed by atoms with van der Waals surface area (Å²) in [5.41, 5.74) is 4.62. The minimum absolute atomic E-state index is 0.0162. The molecule has 0 spiro atoms. The second-order valence-electron chi connectivity index (χ2n) is 7.59. The monoisotopic (exact) mass is 366 g/mol. The van der Waals surface area contributed by atoms with Gasteiger partial charge in [0.1, 0.15) is 17.6 Å². The maximum absolute atomic E-state index is 12.6. The Balaban J connectivity index is 1.44. The van der Waals surface area contributed by atoms with Crippen molar-refractivity contribution in [2.45, 2.75) is 39.2 Å². The Morgan fingerprint density at radius 3 is 2.96 bits per heavy atom. The lowest BCUT2D eigenvalue weighted by Crippen LogP contribution is -3.12. The maximum Gasteiger partial charge on any atom is 0.280 e. The number of hydrogen-bond donors (Lipinski definition) is 2. The quantitative estimate of drug-likeness (QED) is 0.876. The fraction of sp³-hybridized carbons (Fsp3) is 0.429. The molecule has 0 bridgehead atoms. The number of fused-ring (bicyclic) bond motifs is 2. The molecule has 0 fully saturated rings. The Morgan fingerprint density at radius 2 is 2.15 bits per heavy atom. The Bertz CT molecular complexity index is 880. The molecule has 1 aliphatic carbocycles. The third kappa shape index (κ3) is 3.40. The highest BCUT2D eigenvalue weighted by Crippen LogP contribution is 2.39. The van der Waals surface area contributed by atoms with Crippen molar-refractivity contribution in [3.05, 3.63) is 51.4 Å². The van der Waals surface area contributed by atoms with Crippen LogP contribution in [0.5, 0.6) is 0 Å². The molecule has 0 saturated heterocycles. The van der Waals surface area contributed by atoms with Crippen molar-refractivity contribution in [2.75, 3.05) is 18.4 Å². The summed E-state index contributed by atoms with van der Waals surface area (Å²) < 4.78 is 0. The minimum atomic E-state index is 0.0162. The van der Waals surface area contributed by atoms with Gasteiger partial charge in [0.15, 0.2) is 6.54 Å². The lowest BCUT2D eigenvalue weighted by molar-refractivity contribution is -0.907. The van der Waals surface area contributed by atoms with Gasteiger partial charge in [0.25, 0.3) is 5.91 Å². The fourth-order valence-electron chi connectivity index (χ4n) is 4.15. The normalized spacial score (nSPS) is 21.4. The molecule has 26 heavy (non-hydrogen) atoms. The van der Waals surface area contributed by atoms with Crippen LogP contribution in [0.15, 0.2) is 24.3 Å². The highest BCUT2D eigenvalue weighted by Gasteiger charge is 2.26. The molecule has 0 radical (unpaired) electrons. The molecule has 1 aromatic heterocycles. The van der Waals surface area contributed by atoms with Crippen LogP contribution in [-0.2, 0) is 30.6 Å². The van der Waals surface area contributed by atoms with Crippen LogP contribution in [0.25, 0.3) is 0 Å². The Kier molecular flexibility index (Phi) is 4.80. The van der Waals surface area contributed by atoms with E-state index in [2.05, 4.69) is 42.6 Å². The molecule has 134 valence electrons. The number of carbonyl (C=O) groups excluding carboxylic acids is 1. The first-order valence-electron chi connectivity index (χ1n) is 9.39. The molecule has 2 N–H and O–H groups in total. The zero-order chi connectivity index (χ0) is 18.1. The molecular formula is C21H24N3OS+. The third-order valence-corrected chi connectivity index (χ3v) is 6.76. The van der Waals surface area contributed by atoms with E-state index in [0.717, 1.165) is 43.8 Å². The van der Waals surface area contributed by atoms with Gasteiger partial charge < -0.3 is 10.2 Å². The maximum atomic E-state index is 12.6. The number of nitrogens with one attached hydrogen (secondary N) is 2. The van der Waals surface area contributed by atoms with E-state index in [1.54, 1.807) is 11.3 Å². The third-order valence-electron chi connectivity index (χ3n) is 5.59. The number of rotatable bonds is 3. The highest BCUT2D eigenvalue weighted by molar-refractivity contribution is 7.16. The number of benzene rings is 1. The van der Waals surface area contributed by atoms with E-state index in [1.807, 2.05) is 0 Å². The first-order chi connectivity index (χ1) is 12.6. The SMILES string of the molecule is C[C@@H]1CCc2c(sc(NC(=O)C[NH+]3CCc4ccccc4C3)c2C#N)C1. The first kappa shape index (κ1) is 17.3. The zero-order valence-corrected chi connectivity index (χ0v) is 15.9. The Hall–Kier alpha value is -2.16. The largest absolute Gasteiger partial charge is 0.323 e. The van der Waals surface area contributed by atoms with E-state index in [-0.39, 0.29) is 5.91 Å². The summed E-state index contributed by atoms with van der Waals surface area (Å²) in [5, 5.41) is 13.4. The standard InChI is InChI=1S/C21H23N3OS/c1-14-6-7-17-18(11-22)21(26-19(17)10-14)23-20(25)13-24-9-8-15-4-2-3-5-16(15)12-24/h2-5,14H,6-10,12-13H2,1H3,(H,23,25)/p+1/t14-/m1/s1. The molecule has 1 amide bonds. The van der Waals surface area contributed by atoms with E-state index in [9.17, 15) is 10.1 Å². The average molecular weight is 367 g/mol. The van der Waals surface area contributed by atoms with Gasteiger partial charge >= 0.3 is 0 Å². The molecule has 5 heteroatoms. The van der Waals surface area contributed by atoms with Crippen LogP contribution in [0.4, 0.5) is 5.00 Å². The summed E-state index contributed by atoms with van der Waals surface area (Å²) in [6, 6.07) is 10.8. The summed E-state index contributed by atoms with van der Waals surface area (Å²) in [5.74, 6) is 0.677. The second-order valence-corrected chi connectivity index (χ2v) is 8.69. The molecule has 2 aromatic rings. The molecule has 0 saturated carbocycles. The number of hydrogen-bond acceptors (Lipinski definition) is 3. The van der Waals surface area contributed by atoms with Crippen LogP contribution in [0, 0.1) is 17.2 Å². The molecule has 4 rings (SSSR count). The first-order valence-corrected chi connectivity index (χ1v) is 10.2. The van der Waals surface area contributed by atoms with Crippen molar-refractivity contribution < 1.29 is 9.69 Å². The number of nitrogens with zero attached hydrogens (tertiary/aromatic N) is 1. The van der Waals surface area contributed by atoms with E-state index in [4.69, 9.17) is 0 Å². The van der Waals surface area contributed by atoms with E-state index in [1.165, 1.54) is 26.5 Å². The molecule has 1 unspecified atom stereocenters. The zero-order valence-electron chi connectivity index (χ0n) is 15.1. The van der Waals surface area contributed by atoms with Crippen molar-refractivity contribution >= 4 is 22.2 Å². The Labute approximate surface area is 158 Å². The summed E-state index contributed by atoms with van der Waals surface area (Å²) in [6.45, 7) is 4.59. The summed E-state index contributed by atoms with van der Waals surface area (Å²) in [4.78, 5) is 15.2. The van der Waals surface area contributed by atoms with Gasteiger partial charge in [0, 0.05) is 16.9 Å². The topological polar surface area (TPSA) is 57.3 Å². The van der Waals surface area contributed by atoms with Crippen molar-refractivity contribution in [3.8, 4) is 6.07 Å². The summed E-state index contributed by atoms with van der Waals surface area (Å²) in [6.07, 6.45) is 4.13. The predicted molar refractivity (Wildman–Crippen MR) is 103 cm³/mol. The van der Waals surface area contributed by atoms with Gasteiger partial charge in [0.2, 0.25) is 0 Å². The number of nitriles is 1. The lowest BCUT2D eigenvalue weighted by atomic mass is 9.89. The van der Waals surface area contributed by atoms with Crippen LogP contribution in [0.3, 0.4) is 0 Å². The van der Waals surface area contributed by atoms with Crippen LogP contribution in [-0.4, -0.2) is 19.0 Å². The molecule has 4 nitrogen and oxygen atoms in total. The van der Waals surface area contributed by atoms with Gasteiger partial charge in [-0.25, -0.2) is 0 Å². The van der Waals surface area contributed by atoms with E-state index in [0.29, 0.717) is 18.0 Å². The van der Waals surface area contributed by atoms with E-state index < -0.39 is 0 Å². The summed E-state index contributed by atoms with van der Waals surface area (Å²) in [7, 11) is 0.